The van der Waals surface area contributed by atoms with Crippen LogP contribution in [0, 0.1) is 15.5 Å². The highest BCUT2D eigenvalue weighted by Crippen LogP contribution is 2.36. The van der Waals surface area contributed by atoms with Gasteiger partial charge in [0.1, 0.15) is 4.21 Å². The fourth-order valence-electron chi connectivity index (χ4n) is 1.03. The highest BCUT2D eigenvalue weighted by atomic mass is 35.5. The number of nitrogens with two attached hydrogens (primary N) is 1. The van der Waals surface area contributed by atoms with E-state index >= 15 is 0 Å². The number of rotatable bonds is 6. The second-order valence-corrected chi connectivity index (χ2v) is 8.20. The molecule has 0 aliphatic rings. The number of hydrogen-bond acceptors (Lipinski definition) is 6. The van der Waals surface area contributed by atoms with Gasteiger partial charge in [-0.3, -0.25) is 14.9 Å². The zero-order valence-corrected chi connectivity index (χ0v) is 12.9. The fourth-order valence-corrected chi connectivity index (χ4v) is 3.95. The molecule has 20 heavy (non-hydrogen) atoms. The molecule has 0 radical (unpaired) electrons. The molecule has 3 N–H and O–H groups in total. The van der Waals surface area contributed by atoms with E-state index in [9.17, 15) is 23.3 Å². The van der Waals surface area contributed by atoms with E-state index in [2.05, 4.69) is 4.72 Å². The van der Waals surface area contributed by atoms with Crippen LogP contribution in [0.25, 0.3) is 0 Å². The van der Waals surface area contributed by atoms with E-state index in [4.69, 9.17) is 17.3 Å². The Bertz CT molecular complexity index is 653. The molecule has 8 nitrogen and oxygen atoms in total. The monoisotopic (exact) mass is 341 g/mol. The van der Waals surface area contributed by atoms with Crippen molar-refractivity contribution in [3.05, 3.63) is 20.5 Å². The summed E-state index contributed by atoms with van der Waals surface area (Å²) in [7, 11) is -3.99. The second kappa shape index (κ2) is 5.64. The van der Waals surface area contributed by atoms with Crippen molar-refractivity contribution in [2.24, 2.45) is 11.1 Å². The maximum Gasteiger partial charge on any atom is 0.300 e. The van der Waals surface area contributed by atoms with Gasteiger partial charge in [0.2, 0.25) is 15.9 Å². The van der Waals surface area contributed by atoms with E-state index in [0.29, 0.717) is 11.3 Å². The number of hydrogen-bond donors (Lipinski definition) is 2. The maximum absolute atomic E-state index is 12.0. The molecular formula is C9H12ClN3O5S2. The van der Waals surface area contributed by atoms with Crippen LogP contribution in [0.5, 0.6) is 0 Å². The first-order chi connectivity index (χ1) is 8.97. The molecule has 0 spiro atoms. The summed E-state index contributed by atoms with van der Waals surface area (Å²) in [5.74, 6) is -0.671. The molecule has 1 amide bonds. The number of nitrogens with one attached hydrogen (secondary N) is 1. The van der Waals surface area contributed by atoms with E-state index in [0.717, 1.165) is 6.07 Å². The van der Waals surface area contributed by atoms with Crippen molar-refractivity contribution in [1.82, 2.24) is 4.72 Å². The smallest absolute Gasteiger partial charge is 0.300 e. The van der Waals surface area contributed by atoms with Gasteiger partial charge in [0.25, 0.3) is 5.69 Å². The zero-order valence-electron chi connectivity index (χ0n) is 10.5. The molecule has 0 unspecified atom stereocenters. The molecule has 1 aromatic rings. The fraction of sp³-hybridized carbons (Fsp3) is 0.444. The average Bonchev–Trinajstić information content (AvgIpc) is 2.70. The van der Waals surface area contributed by atoms with Crippen LogP contribution in [0.15, 0.2) is 10.3 Å². The van der Waals surface area contributed by atoms with Crippen molar-refractivity contribution in [3.63, 3.8) is 0 Å². The van der Waals surface area contributed by atoms with Crippen LogP contribution in [0.4, 0.5) is 5.69 Å². The molecule has 0 aliphatic carbocycles. The lowest BCUT2D eigenvalue weighted by Crippen LogP contribution is -2.42. The number of sulfonamides is 1. The van der Waals surface area contributed by atoms with Gasteiger partial charge in [-0.15, -0.1) is 11.3 Å². The molecule has 0 saturated carbocycles. The largest absolute Gasteiger partial charge is 0.369 e. The summed E-state index contributed by atoms with van der Waals surface area (Å²) in [6, 6.07) is 0.868. The van der Waals surface area contributed by atoms with E-state index in [-0.39, 0.29) is 15.1 Å². The number of carbonyl (C=O) groups excluding carboxylic acids is 1. The Kier molecular flexibility index (Phi) is 4.74. The first-order valence-electron chi connectivity index (χ1n) is 5.20. The maximum atomic E-state index is 12.0. The van der Waals surface area contributed by atoms with Crippen LogP contribution >= 0.6 is 22.9 Å². The summed E-state index contributed by atoms with van der Waals surface area (Å²) in [6.07, 6.45) is 0. The predicted octanol–water partition coefficient (Wildman–Crippen LogP) is 1.10. The molecule has 11 heteroatoms. The summed E-state index contributed by atoms with van der Waals surface area (Å²) in [6.45, 7) is 2.72. The van der Waals surface area contributed by atoms with Gasteiger partial charge in [0, 0.05) is 12.6 Å². The standard InChI is InChI=1S/C9H12ClN3O5S2/c1-9(2,8(11)14)4-12-20(17,18)6-3-5(13(15)16)7(10)19-6/h3,12H,4H2,1-2H3,(H2,11,14). The number of carbonyl (C=O) groups is 1. The lowest BCUT2D eigenvalue weighted by Gasteiger charge is -2.20. The highest BCUT2D eigenvalue weighted by molar-refractivity contribution is 7.91. The van der Waals surface area contributed by atoms with Crippen molar-refractivity contribution >= 4 is 44.6 Å². The SMILES string of the molecule is CC(C)(CNS(=O)(=O)c1cc([N+](=O)[O-])c(Cl)s1)C(N)=O. The van der Waals surface area contributed by atoms with E-state index < -0.39 is 32.0 Å². The van der Waals surface area contributed by atoms with Crippen LogP contribution in [-0.4, -0.2) is 25.8 Å². The van der Waals surface area contributed by atoms with Crippen LogP contribution < -0.4 is 10.5 Å². The van der Waals surface area contributed by atoms with Gasteiger partial charge in [-0.25, -0.2) is 13.1 Å². The number of thiophene rings is 1. The minimum atomic E-state index is -3.99. The van der Waals surface area contributed by atoms with E-state index in [1.807, 2.05) is 0 Å². The minimum Gasteiger partial charge on any atom is -0.369 e. The molecule has 1 rings (SSSR count). The van der Waals surface area contributed by atoms with Crippen molar-refractivity contribution < 1.29 is 18.1 Å². The molecule has 1 heterocycles. The Morgan fingerprint density at radius 1 is 1.60 bits per heavy atom. The Morgan fingerprint density at radius 3 is 2.55 bits per heavy atom. The molecule has 0 aliphatic heterocycles. The first-order valence-corrected chi connectivity index (χ1v) is 7.88. The van der Waals surface area contributed by atoms with Crippen molar-refractivity contribution in [3.8, 4) is 0 Å². The molecule has 1 aromatic heterocycles. The highest BCUT2D eigenvalue weighted by Gasteiger charge is 2.30. The van der Waals surface area contributed by atoms with E-state index in [1.54, 1.807) is 0 Å². The summed E-state index contributed by atoms with van der Waals surface area (Å²) < 4.78 is 25.6. The Balaban J connectivity index is 2.98. The van der Waals surface area contributed by atoms with Gasteiger partial charge >= 0.3 is 0 Å². The van der Waals surface area contributed by atoms with Gasteiger partial charge in [-0.2, -0.15) is 0 Å². The molecule has 0 saturated heterocycles. The summed E-state index contributed by atoms with van der Waals surface area (Å²) in [4.78, 5) is 20.9. The number of nitrogens with zero attached hydrogens (tertiary/aromatic N) is 1. The zero-order chi connectivity index (χ0) is 15.7. The normalized spacial score (nSPS) is 12.3. The second-order valence-electron chi connectivity index (χ2n) is 4.55. The summed E-state index contributed by atoms with van der Waals surface area (Å²) in [5.41, 5.74) is 3.56. The Labute approximate surface area is 124 Å². The van der Waals surface area contributed by atoms with Crippen molar-refractivity contribution in [1.29, 1.82) is 0 Å². The number of nitro groups is 1. The minimum absolute atomic E-state index is 0.228. The van der Waals surface area contributed by atoms with Crippen LogP contribution in [0.3, 0.4) is 0 Å². The van der Waals surface area contributed by atoms with Crippen LogP contribution in [0.1, 0.15) is 13.8 Å². The summed E-state index contributed by atoms with van der Waals surface area (Å²) >= 11 is 6.16. The number of amides is 1. The molecular weight excluding hydrogens is 330 g/mol. The van der Waals surface area contributed by atoms with Gasteiger partial charge in [-0.05, 0) is 13.8 Å². The third-order valence-electron chi connectivity index (χ3n) is 2.48. The predicted molar refractivity (Wildman–Crippen MR) is 74.1 cm³/mol. The molecule has 112 valence electrons. The van der Waals surface area contributed by atoms with Gasteiger partial charge in [0.05, 0.1) is 10.3 Å². The molecule has 0 fully saturated rings. The van der Waals surface area contributed by atoms with Crippen molar-refractivity contribution in [2.75, 3.05) is 6.54 Å². The molecule has 0 aromatic carbocycles. The first kappa shape index (κ1) is 16.8. The van der Waals surface area contributed by atoms with Crippen LogP contribution in [-0.2, 0) is 14.8 Å². The topological polar surface area (TPSA) is 132 Å². The Hall–Kier alpha value is -1.23. The number of halogens is 1. The van der Waals surface area contributed by atoms with Crippen LogP contribution in [0.2, 0.25) is 4.34 Å². The van der Waals surface area contributed by atoms with Gasteiger partial charge in [-0.1, -0.05) is 11.6 Å². The third-order valence-corrected chi connectivity index (χ3v) is 5.69. The number of primary amides is 1. The lowest BCUT2D eigenvalue weighted by molar-refractivity contribution is -0.384. The molecule has 0 bridgehead atoms. The molecule has 0 atom stereocenters. The van der Waals surface area contributed by atoms with Crippen molar-refractivity contribution in [2.45, 2.75) is 18.1 Å². The Morgan fingerprint density at radius 2 is 2.15 bits per heavy atom. The lowest BCUT2D eigenvalue weighted by atomic mass is 9.93. The van der Waals surface area contributed by atoms with E-state index in [1.165, 1.54) is 13.8 Å². The summed E-state index contributed by atoms with van der Waals surface area (Å²) in [5, 5.41) is 10.6. The van der Waals surface area contributed by atoms with Gasteiger partial charge < -0.3 is 5.73 Å². The quantitative estimate of drug-likeness (QED) is 0.590. The third kappa shape index (κ3) is 3.66. The van der Waals surface area contributed by atoms with Gasteiger partial charge in [0.15, 0.2) is 4.34 Å². The average molecular weight is 342 g/mol.